The second kappa shape index (κ2) is 6.51. The standard InChI is InChI=1S/C18H24N4O4/c1-13(2)8-22-17(24)16(23)21-12-18(26-10-15(21)19-22)5-6-20(11-18)9-14-4-3-7-25-14/h3-4,7,13H,5-6,8-12H2,1-2H3/t18-/m1/s1. The molecular formula is C18H24N4O4. The summed E-state index contributed by atoms with van der Waals surface area (Å²) in [6, 6.07) is 3.83. The Kier molecular flexibility index (Phi) is 4.32. The van der Waals surface area contributed by atoms with E-state index in [1.54, 1.807) is 6.26 Å². The van der Waals surface area contributed by atoms with Crippen molar-refractivity contribution in [2.75, 3.05) is 13.1 Å². The summed E-state index contributed by atoms with van der Waals surface area (Å²) in [5, 5.41) is 4.36. The molecule has 0 N–H and O–H groups in total. The van der Waals surface area contributed by atoms with Gasteiger partial charge in [0.2, 0.25) is 0 Å². The highest BCUT2D eigenvalue weighted by molar-refractivity contribution is 5.04. The number of hydrogen-bond acceptors (Lipinski definition) is 6. The van der Waals surface area contributed by atoms with Gasteiger partial charge >= 0.3 is 11.1 Å². The molecule has 0 unspecified atom stereocenters. The SMILES string of the molecule is CC(C)Cn1nc2n(c(=O)c1=O)C[C@]1(CCN(Cc3ccco3)C1)OC2. The van der Waals surface area contributed by atoms with E-state index in [4.69, 9.17) is 9.15 Å². The van der Waals surface area contributed by atoms with Gasteiger partial charge in [-0.2, -0.15) is 5.10 Å². The summed E-state index contributed by atoms with van der Waals surface area (Å²) in [6.07, 6.45) is 2.48. The van der Waals surface area contributed by atoms with Gasteiger partial charge in [-0.3, -0.25) is 19.1 Å². The van der Waals surface area contributed by atoms with Crippen molar-refractivity contribution < 1.29 is 9.15 Å². The zero-order chi connectivity index (χ0) is 18.3. The highest BCUT2D eigenvalue weighted by Gasteiger charge is 2.43. The van der Waals surface area contributed by atoms with E-state index in [9.17, 15) is 9.59 Å². The van der Waals surface area contributed by atoms with Crippen LogP contribution in [0.3, 0.4) is 0 Å². The van der Waals surface area contributed by atoms with Crippen LogP contribution in [0.1, 0.15) is 31.9 Å². The summed E-state index contributed by atoms with van der Waals surface area (Å²) < 4.78 is 14.4. The van der Waals surface area contributed by atoms with Crippen LogP contribution in [-0.2, 0) is 31.0 Å². The number of aromatic nitrogens is 3. The van der Waals surface area contributed by atoms with Crippen molar-refractivity contribution in [3.8, 4) is 0 Å². The Bertz CT molecular complexity index is 899. The van der Waals surface area contributed by atoms with Crippen molar-refractivity contribution >= 4 is 0 Å². The lowest BCUT2D eigenvalue weighted by molar-refractivity contribution is -0.0861. The van der Waals surface area contributed by atoms with Gasteiger partial charge in [-0.25, -0.2) is 4.68 Å². The quantitative estimate of drug-likeness (QED) is 0.751. The lowest BCUT2D eigenvalue weighted by atomic mass is 10.0. The van der Waals surface area contributed by atoms with Gasteiger partial charge in [-0.15, -0.1) is 0 Å². The molecule has 0 radical (unpaired) electrons. The number of ether oxygens (including phenoxy) is 1. The monoisotopic (exact) mass is 360 g/mol. The van der Waals surface area contributed by atoms with E-state index in [2.05, 4.69) is 10.00 Å². The normalized spacial score (nSPS) is 23.0. The maximum atomic E-state index is 12.6. The zero-order valence-corrected chi connectivity index (χ0v) is 15.2. The molecule has 2 aliphatic heterocycles. The Hall–Kier alpha value is -2.19. The highest BCUT2D eigenvalue weighted by Crippen LogP contribution is 2.31. The van der Waals surface area contributed by atoms with Gasteiger partial charge in [0.05, 0.1) is 19.4 Å². The lowest BCUT2D eigenvalue weighted by Gasteiger charge is -2.35. The molecule has 26 heavy (non-hydrogen) atoms. The largest absolute Gasteiger partial charge is 0.468 e. The molecule has 140 valence electrons. The minimum atomic E-state index is -0.551. The number of fused-ring (bicyclic) bond motifs is 1. The number of nitrogens with zero attached hydrogens (tertiary/aromatic N) is 4. The summed E-state index contributed by atoms with van der Waals surface area (Å²) in [5.41, 5.74) is -1.49. The summed E-state index contributed by atoms with van der Waals surface area (Å²) in [6.45, 7) is 7.32. The summed E-state index contributed by atoms with van der Waals surface area (Å²) in [4.78, 5) is 27.2. The average Bonchev–Trinajstić information content (AvgIpc) is 3.24. The van der Waals surface area contributed by atoms with Gasteiger partial charge in [-0.05, 0) is 24.5 Å². The first-order chi connectivity index (χ1) is 12.5. The predicted octanol–water partition coefficient (Wildman–Crippen LogP) is 0.829. The van der Waals surface area contributed by atoms with Gasteiger partial charge in [0, 0.05) is 19.6 Å². The first kappa shape index (κ1) is 17.2. The smallest absolute Gasteiger partial charge is 0.332 e. The maximum absolute atomic E-state index is 12.6. The van der Waals surface area contributed by atoms with Crippen molar-refractivity contribution in [2.45, 2.75) is 52.1 Å². The van der Waals surface area contributed by atoms with Gasteiger partial charge in [0.1, 0.15) is 18.0 Å². The number of hydrogen-bond donors (Lipinski definition) is 0. The molecule has 0 aromatic carbocycles. The molecule has 2 aliphatic rings. The van der Waals surface area contributed by atoms with E-state index in [1.165, 1.54) is 9.25 Å². The van der Waals surface area contributed by atoms with Crippen LogP contribution in [0.4, 0.5) is 0 Å². The fourth-order valence-electron chi connectivity index (χ4n) is 3.80. The van der Waals surface area contributed by atoms with Crippen LogP contribution < -0.4 is 11.1 Å². The molecule has 0 aliphatic carbocycles. The molecule has 1 fully saturated rings. The van der Waals surface area contributed by atoms with Crippen LogP contribution in [0.2, 0.25) is 0 Å². The third-order valence-electron chi connectivity index (χ3n) is 5.06. The minimum absolute atomic E-state index is 0.239. The third-order valence-corrected chi connectivity index (χ3v) is 5.06. The Labute approximate surface area is 151 Å². The average molecular weight is 360 g/mol. The van der Waals surface area contributed by atoms with E-state index < -0.39 is 16.7 Å². The van der Waals surface area contributed by atoms with Crippen LogP contribution in [0, 0.1) is 5.92 Å². The zero-order valence-electron chi connectivity index (χ0n) is 15.2. The fraction of sp³-hybridized carbons (Fsp3) is 0.611. The first-order valence-electron chi connectivity index (χ1n) is 9.05. The van der Waals surface area contributed by atoms with Crippen molar-refractivity contribution in [3.63, 3.8) is 0 Å². The number of furan rings is 1. The molecule has 0 amide bonds. The van der Waals surface area contributed by atoms with Gasteiger partial charge in [0.15, 0.2) is 5.82 Å². The van der Waals surface area contributed by atoms with Gasteiger partial charge in [0.25, 0.3) is 0 Å². The Morgan fingerprint density at radius 3 is 2.85 bits per heavy atom. The molecule has 4 heterocycles. The second-order valence-corrected chi connectivity index (χ2v) is 7.70. The van der Waals surface area contributed by atoms with E-state index in [0.717, 1.165) is 18.7 Å². The van der Waals surface area contributed by atoms with Crippen molar-refractivity contribution in [3.05, 3.63) is 50.7 Å². The van der Waals surface area contributed by atoms with E-state index >= 15 is 0 Å². The molecule has 4 rings (SSSR count). The van der Waals surface area contributed by atoms with Crippen LogP contribution in [-0.4, -0.2) is 37.9 Å². The van der Waals surface area contributed by atoms with E-state index in [1.807, 2.05) is 26.0 Å². The fourth-order valence-corrected chi connectivity index (χ4v) is 3.80. The Morgan fingerprint density at radius 2 is 2.12 bits per heavy atom. The van der Waals surface area contributed by atoms with Crippen LogP contribution in [0.5, 0.6) is 0 Å². The summed E-state index contributed by atoms with van der Waals surface area (Å²) in [5.74, 6) is 1.68. The van der Waals surface area contributed by atoms with Crippen molar-refractivity contribution in [1.29, 1.82) is 0 Å². The molecule has 0 bridgehead atoms. The maximum Gasteiger partial charge on any atom is 0.332 e. The Morgan fingerprint density at radius 1 is 1.27 bits per heavy atom. The number of rotatable bonds is 4. The molecule has 1 saturated heterocycles. The third kappa shape index (κ3) is 3.14. The lowest BCUT2D eigenvalue weighted by Crippen LogP contribution is -2.53. The summed E-state index contributed by atoms with van der Waals surface area (Å²) >= 11 is 0. The topological polar surface area (TPSA) is 82.5 Å². The van der Waals surface area contributed by atoms with Crippen LogP contribution >= 0.6 is 0 Å². The van der Waals surface area contributed by atoms with Crippen molar-refractivity contribution in [1.82, 2.24) is 19.2 Å². The molecule has 1 atom stereocenters. The summed E-state index contributed by atoms with van der Waals surface area (Å²) in [7, 11) is 0. The van der Waals surface area contributed by atoms with Gasteiger partial charge < -0.3 is 9.15 Å². The molecular weight excluding hydrogens is 336 g/mol. The highest BCUT2D eigenvalue weighted by atomic mass is 16.5. The van der Waals surface area contributed by atoms with Crippen LogP contribution in [0.25, 0.3) is 0 Å². The Balaban J connectivity index is 1.55. The first-order valence-corrected chi connectivity index (χ1v) is 9.05. The molecule has 8 nitrogen and oxygen atoms in total. The minimum Gasteiger partial charge on any atom is -0.468 e. The molecule has 1 spiro atoms. The predicted molar refractivity (Wildman–Crippen MR) is 93.7 cm³/mol. The second-order valence-electron chi connectivity index (χ2n) is 7.70. The molecule has 2 aromatic heterocycles. The molecule has 8 heteroatoms. The van der Waals surface area contributed by atoms with Crippen LogP contribution in [0.15, 0.2) is 32.4 Å². The molecule has 0 saturated carbocycles. The van der Waals surface area contributed by atoms with E-state index in [-0.39, 0.29) is 12.5 Å². The van der Waals surface area contributed by atoms with E-state index in [0.29, 0.717) is 32.0 Å². The number of likely N-dealkylation sites (tertiary alicyclic amines) is 1. The van der Waals surface area contributed by atoms with Gasteiger partial charge in [-0.1, -0.05) is 13.8 Å². The molecule has 2 aromatic rings. The van der Waals surface area contributed by atoms with Crippen molar-refractivity contribution in [2.24, 2.45) is 5.92 Å².